The van der Waals surface area contributed by atoms with Crippen LogP contribution in [0.5, 0.6) is 5.75 Å². The van der Waals surface area contributed by atoms with Gasteiger partial charge in [0.2, 0.25) is 5.91 Å². The van der Waals surface area contributed by atoms with Crippen LogP contribution >= 0.6 is 0 Å². The van der Waals surface area contributed by atoms with Crippen molar-refractivity contribution in [3.63, 3.8) is 0 Å². The summed E-state index contributed by atoms with van der Waals surface area (Å²) in [5, 5.41) is 0. The fourth-order valence-electron chi connectivity index (χ4n) is 2.13. The van der Waals surface area contributed by atoms with E-state index in [0.717, 1.165) is 16.9 Å². The summed E-state index contributed by atoms with van der Waals surface area (Å²) < 4.78 is 5.94. The van der Waals surface area contributed by atoms with Gasteiger partial charge in [-0.25, -0.2) is 0 Å². The summed E-state index contributed by atoms with van der Waals surface area (Å²) in [5.74, 6) is 0.937. The van der Waals surface area contributed by atoms with Crippen LogP contribution in [0.15, 0.2) is 18.2 Å². The number of nitrogens with zero attached hydrogens (tertiary/aromatic N) is 1. The van der Waals surface area contributed by atoms with E-state index in [9.17, 15) is 4.79 Å². The average Bonchev–Trinajstić information content (AvgIpc) is 2.25. The number of nitrogens with two attached hydrogens (primary N) is 1. The molecule has 1 aliphatic rings. The van der Waals surface area contributed by atoms with E-state index < -0.39 is 6.04 Å². The van der Waals surface area contributed by atoms with Crippen LogP contribution in [-0.2, 0) is 4.79 Å². The fraction of sp³-hybridized carbons (Fsp3) is 0.500. The van der Waals surface area contributed by atoms with Crippen molar-refractivity contribution in [2.45, 2.75) is 32.9 Å². The van der Waals surface area contributed by atoms with Crippen molar-refractivity contribution in [1.29, 1.82) is 0 Å². The third-order valence-corrected chi connectivity index (χ3v) is 3.24. The van der Waals surface area contributed by atoms with E-state index >= 15 is 0 Å². The number of para-hydroxylation sites is 1. The molecule has 4 nitrogen and oxygen atoms in total. The summed E-state index contributed by atoms with van der Waals surface area (Å²) in [6.07, 6.45) is 0.0903. The van der Waals surface area contributed by atoms with Crippen LogP contribution in [0.4, 0.5) is 0 Å². The van der Waals surface area contributed by atoms with Gasteiger partial charge in [-0.1, -0.05) is 18.2 Å². The SMILES string of the molecule is Cc1cccc(C)c1OC1CN(C(=O)[C@H](C)N)C1. The maximum Gasteiger partial charge on any atom is 0.239 e. The first-order valence-corrected chi connectivity index (χ1v) is 6.26. The van der Waals surface area contributed by atoms with Crippen LogP contribution in [0, 0.1) is 13.8 Å². The van der Waals surface area contributed by atoms with Crippen molar-refractivity contribution in [1.82, 2.24) is 4.90 Å². The minimum Gasteiger partial charge on any atom is -0.486 e. The highest BCUT2D eigenvalue weighted by Gasteiger charge is 2.33. The third kappa shape index (κ3) is 2.48. The average molecular weight is 248 g/mol. The Bertz CT molecular complexity index is 431. The summed E-state index contributed by atoms with van der Waals surface area (Å²) in [6.45, 7) is 7.04. The minimum absolute atomic E-state index is 0.00337. The Labute approximate surface area is 108 Å². The van der Waals surface area contributed by atoms with Gasteiger partial charge >= 0.3 is 0 Å². The van der Waals surface area contributed by atoms with Gasteiger partial charge in [-0.15, -0.1) is 0 Å². The lowest BCUT2D eigenvalue weighted by Crippen LogP contribution is -2.59. The molecule has 1 saturated heterocycles. The number of rotatable bonds is 3. The van der Waals surface area contributed by atoms with Gasteiger partial charge < -0.3 is 15.4 Å². The van der Waals surface area contributed by atoms with E-state index in [2.05, 4.69) is 0 Å². The quantitative estimate of drug-likeness (QED) is 0.875. The number of ether oxygens (including phenoxy) is 1. The van der Waals surface area contributed by atoms with Gasteiger partial charge in [0.25, 0.3) is 0 Å². The molecule has 0 aliphatic carbocycles. The van der Waals surface area contributed by atoms with Crippen LogP contribution in [-0.4, -0.2) is 36.0 Å². The summed E-state index contributed by atoms with van der Waals surface area (Å²) in [5.41, 5.74) is 7.82. The van der Waals surface area contributed by atoms with Gasteiger partial charge in [0.1, 0.15) is 11.9 Å². The van der Waals surface area contributed by atoms with Crippen LogP contribution < -0.4 is 10.5 Å². The molecule has 0 bridgehead atoms. The van der Waals surface area contributed by atoms with Gasteiger partial charge in [0, 0.05) is 0 Å². The minimum atomic E-state index is -0.425. The standard InChI is InChI=1S/C14H20N2O2/c1-9-5-4-6-10(2)13(9)18-12-7-16(8-12)14(17)11(3)15/h4-6,11-12H,7-8,15H2,1-3H3/t11-/m0/s1. The Morgan fingerprint density at radius 1 is 1.39 bits per heavy atom. The number of carbonyl (C=O) groups is 1. The third-order valence-electron chi connectivity index (χ3n) is 3.24. The zero-order chi connectivity index (χ0) is 13.3. The summed E-state index contributed by atoms with van der Waals surface area (Å²) in [4.78, 5) is 13.3. The van der Waals surface area contributed by atoms with E-state index in [1.54, 1.807) is 11.8 Å². The fourth-order valence-corrected chi connectivity index (χ4v) is 2.13. The number of hydrogen-bond donors (Lipinski definition) is 1. The molecule has 4 heteroatoms. The second kappa shape index (κ2) is 4.98. The van der Waals surface area contributed by atoms with Crippen molar-refractivity contribution in [3.05, 3.63) is 29.3 Å². The first-order chi connectivity index (χ1) is 8.49. The molecule has 1 atom stereocenters. The number of likely N-dealkylation sites (tertiary alicyclic amines) is 1. The van der Waals surface area contributed by atoms with Crippen LogP contribution in [0.2, 0.25) is 0 Å². The molecule has 0 radical (unpaired) electrons. The highest BCUT2D eigenvalue weighted by atomic mass is 16.5. The zero-order valence-corrected chi connectivity index (χ0v) is 11.1. The first-order valence-electron chi connectivity index (χ1n) is 6.26. The maximum atomic E-state index is 11.6. The first kappa shape index (κ1) is 12.9. The molecular formula is C14H20N2O2. The van der Waals surface area contributed by atoms with E-state index in [0.29, 0.717) is 13.1 Å². The predicted molar refractivity (Wildman–Crippen MR) is 70.6 cm³/mol. The normalized spacial score (nSPS) is 17.2. The van der Waals surface area contributed by atoms with Crippen molar-refractivity contribution < 1.29 is 9.53 Å². The molecule has 98 valence electrons. The Hall–Kier alpha value is -1.55. The molecule has 1 aromatic carbocycles. The van der Waals surface area contributed by atoms with Crippen molar-refractivity contribution in [2.24, 2.45) is 5.73 Å². The van der Waals surface area contributed by atoms with Crippen LogP contribution in [0.1, 0.15) is 18.1 Å². The van der Waals surface area contributed by atoms with Crippen LogP contribution in [0.25, 0.3) is 0 Å². The molecule has 0 unspecified atom stereocenters. The Balaban J connectivity index is 1.93. The van der Waals surface area contributed by atoms with Crippen molar-refractivity contribution in [3.8, 4) is 5.75 Å². The maximum absolute atomic E-state index is 11.6. The largest absolute Gasteiger partial charge is 0.486 e. The van der Waals surface area contributed by atoms with Gasteiger partial charge in [-0.2, -0.15) is 0 Å². The lowest BCUT2D eigenvalue weighted by molar-refractivity contribution is -0.141. The summed E-state index contributed by atoms with van der Waals surface area (Å²) in [6, 6.07) is 5.66. The second-order valence-corrected chi connectivity index (χ2v) is 4.99. The molecular weight excluding hydrogens is 228 g/mol. The Morgan fingerprint density at radius 2 is 1.94 bits per heavy atom. The number of aryl methyl sites for hydroxylation is 2. The topological polar surface area (TPSA) is 55.6 Å². The van der Waals surface area contributed by atoms with Crippen molar-refractivity contribution in [2.75, 3.05) is 13.1 Å². The Kier molecular flexibility index (Phi) is 3.57. The monoisotopic (exact) mass is 248 g/mol. The molecule has 2 N–H and O–H groups in total. The van der Waals surface area contributed by atoms with Gasteiger partial charge in [0.15, 0.2) is 0 Å². The van der Waals surface area contributed by atoms with E-state index in [1.807, 2.05) is 32.0 Å². The zero-order valence-electron chi connectivity index (χ0n) is 11.1. The van der Waals surface area contributed by atoms with E-state index in [1.165, 1.54) is 0 Å². The van der Waals surface area contributed by atoms with Gasteiger partial charge in [-0.3, -0.25) is 4.79 Å². The Morgan fingerprint density at radius 3 is 2.44 bits per heavy atom. The predicted octanol–water partition coefficient (Wildman–Crippen LogP) is 1.24. The number of carbonyl (C=O) groups excluding carboxylic acids is 1. The lowest BCUT2D eigenvalue weighted by Gasteiger charge is -2.40. The molecule has 0 saturated carbocycles. The lowest BCUT2D eigenvalue weighted by atomic mass is 10.1. The molecule has 1 aliphatic heterocycles. The molecule has 1 heterocycles. The summed E-state index contributed by atoms with van der Waals surface area (Å²) >= 11 is 0. The van der Waals surface area contributed by atoms with E-state index in [-0.39, 0.29) is 12.0 Å². The molecule has 18 heavy (non-hydrogen) atoms. The van der Waals surface area contributed by atoms with Gasteiger partial charge in [0.05, 0.1) is 19.1 Å². The van der Waals surface area contributed by atoms with Crippen LogP contribution in [0.3, 0.4) is 0 Å². The molecule has 0 aromatic heterocycles. The van der Waals surface area contributed by atoms with E-state index in [4.69, 9.17) is 10.5 Å². The molecule has 1 fully saturated rings. The molecule has 1 amide bonds. The van der Waals surface area contributed by atoms with Gasteiger partial charge in [-0.05, 0) is 31.9 Å². The molecule has 0 spiro atoms. The number of hydrogen-bond acceptors (Lipinski definition) is 3. The molecule has 1 aromatic rings. The highest BCUT2D eigenvalue weighted by molar-refractivity contribution is 5.82. The number of benzene rings is 1. The number of amides is 1. The second-order valence-electron chi connectivity index (χ2n) is 4.99. The highest BCUT2D eigenvalue weighted by Crippen LogP contribution is 2.26. The van der Waals surface area contributed by atoms with Crippen molar-refractivity contribution >= 4 is 5.91 Å². The molecule has 2 rings (SSSR count). The summed E-state index contributed by atoms with van der Waals surface area (Å²) in [7, 11) is 0. The smallest absolute Gasteiger partial charge is 0.239 e.